The Labute approximate surface area is 592 Å². The highest BCUT2D eigenvalue weighted by Gasteiger charge is 2.39. The molecule has 0 amide bonds. The van der Waals surface area contributed by atoms with Crippen molar-refractivity contribution in [2.45, 2.75) is 38.5 Å². The normalized spacial score (nSPS) is 13.2. The largest absolute Gasteiger partial charge is 0.309 e. The minimum absolute atomic E-state index is 0.140. The van der Waals surface area contributed by atoms with Crippen molar-refractivity contribution in [3.05, 3.63) is 336 Å². The van der Waals surface area contributed by atoms with Crippen LogP contribution in [0.25, 0.3) is 167 Å². The lowest BCUT2D eigenvalue weighted by molar-refractivity contribution is 0.661. The maximum Gasteiger partial charge on any atom is 0.164 e. The Morgan fingerprint density at radius 2 is 0.584 bits per heavy atom. The van der Waals surface area contributed by atoms with Crippen LogP contribution in [0.2, 0.25) is 0 Å². The molecule has 0 bridgehead atoms. The second kappa shape index (κ2) is 23.4. The van der Waals surface area contributed by atoms with Gasteiger partial charge in [-0.25, -0.2) is 29.9 Å². The molecule has 2 aliphatic carbocycles. The van der Waals surface area contributed by atoms with Crippen molar-refractivity contribution >= 4 is 81.1 Å². The summed E-state index contributed by atoms with van der Waals surface area (Å²) >= 11 is 3.78. The van der Waals surface area contributed by atoms with Crippen LogP contribution < -0.4 is 0 Å². The quantitative estimate of drug-likeness (QED) is 0.151. The number of hydrogen-bond donors (Lipinski definition) is 0. The van der Waals surface area contributed by atoms with Gasteiger partial charge < -0.3 is 9.13 Å². The predicted molar refractivity (Wildman–Crippen MR) is 419 cm³/mol. The Kier molecular flexibility index (Phi) is 13.9. The van der Waals surface area contributed by atoms with Crippen LogP contribution in [0.1, 0.15) is 49.9 Å². The summed E-state index contributed by atoms with van der Waals surface area (Å²) < 4.78 is 5.86. The third kappa shape index (κ3) is 9.85. The zero-order valence-corrected chi connectivity index (χ0v) is 57.5. The van der Waals surface area contributed by atoms with Crippen molar-refractivity contribution in [2.75, 3.05) is 0 Å². The number of para-hydroxylation sites is 1. The van der Waals surface area contributed by atoms with E-state index in [4.69, 9.17) is 29.9 Å². The van der Waals surface area contributed by atoms with Crippen LogP contribution >= 0.6 is 15.9 Å². The van der Waals surface area contributed by atoms with Gasteiger partial charge >= 0.3 is 0 Å². The zero-order valence-electron chi connectivity index (χ0n) is 55.9. The molecule has 0 unspecified atom stereocenters. The average molecular weight is 1360 g/mol. The van der Waals surface area contributed by atoms with E-state index in [9.17, 15) is 0 Å². The molecule has 14 aromatic carbocycles. The van der Waals surface area contributed by atoms with Gasteiger partial charge in [-0.3, -0.25) is 0 Å². The van der Waals surface area contributed by atoms with Crippen LogP contribution in [0, 0.1) is 0 Å². The highest BCUT2D eigenvalue weighted by molar-refractivity contribution is 9.10. The Morgan fingerprint density at radius 1 is 0.248 bits per heavy atom. The van der Waals surface area contributed by atoms with Gasteiger partial charge in [-0.2, -0.15) is 0 Å². The molecule has 0 saturated heterocycles. The van der Waals surface area contributed by atoms with Crippen LogP contribution in [0.3, 0.4) is 0 Å². The van der Waals surface area contributed by atoms with Crippen molar-refractivity contribution in [3.63, 3.8) is 0 Å². The summed E-state index contributed by atoms with van der Waals surface area (Å²) in [7, 11) is 0. The van der Waals surface area contributed by atoms with E-state index < -0.39 is 0 Å². The molecule has 0 saturated carbocycles. The lowest BCUT2D eigenvalue weighted by Crippen LogP contribution is -2.15. The number of aromatic nitrogens is 8. The third-order valence-electron chi connectivity index (χ3n) is 20.9. The van der Waals surface area contributed by atoms with Crippen LogP contribution in [-0.2, 0) is 10.8 Å². The summed E-state index contributed by atoms with van der Waals surface area (Å²) in [5.41, 5.74) is 23.0. The molecule has 0 spiro atoms. The van der Waals surface area contributed by atoms with E-state index in [-0.39, 0.29) is 10.8 Å². The topological polar surface area (TPSA) is 87.2 Å². The van der Waals surface area contributed by atoms with Crippen molar-refractivity contribution in [3.8, 4) is 102 Å². The van der Waals surface area contributed by atoms with Crippen LogP contribution in [-0.4, -0.2) is 39.0 Å². The molecule has 20 rings (SSSR count). The number of halogens is 1. The molecule has 101 heavy (non-hydrogen) atoms. The standard InChI is InChI=1S/C46H31BrN4.C46H32N4/c1-46(2)38-22-20-28-12-9-10-19-34(28)42(38)37-26-36-35-25-32(47)21-23-40(35)51(41(36)27-39(37)46)33-18-11-17-31(24-33)45-49-43(29-13-5-3-6-14-29)48-44(50-45)30-15-7-4-8-16-30;1-46(2)38-25-24-29-14-9-10-21-34(29)42(38)37-27-36-35-22-11-12-23-40(35)50(41(36)28-39(37)46)33-20-13-19-32(26-33)45-48-43(30-15-5-3-6-16-30)47-44(49-45)31-17-7-4-8-18-31/h3-27H,1-2H3;3-28H,1-2H3. The fourth-order valence-corrected chi connectivity index (χ4v) is 16.3. The van der Waals surface area contributed by atoms with Gasteiger partial charge in [0.25, 0.3) is 0 Å². The monoisotopic (exact) mass is 1360 g/mol. The second-order valence-electron chi connectivity index (χ2n) is 27.5. The van der Waals surface area contributed by atoms with Crippen molar-refractivity contribution in [1.29, 1.82) is 0 Å². The van der Waals surface area contributed by atoms with E-state index in [0.29, 0.717) is 34.9 Å². The van der Waals surface area contributed by atoms with E-state index in [1.807, 2.05) is 121 Å². The summed E-state index contributed by atoms with van der Waals surface area (Å²) in [5, 5.41) is 10.1. The maximum absolute atomic E-state index is 5.03. The molecule has 4 heterocycles. The first kappa shape index (κ1) is 59.9. The molecule has 8 nitrogen and oxygen atoms in total. The SMILES string of the molecule is CC1(C)c2cc3c(cc2-c2c1ccc1ccccc21)c1cc(Br)ccc1n3-c1cccc(-c2nc(-c3ccccc3)nc(-c3ccccc3)n2)c1.CC1(C)c2cc3c(cc2-c2c1ccc1ccccc21)c1ccccc1n3-c1cccc(-c2nc(-c3ccccc3)nc(-c3ccccc3)n2)c1. The molecular formula is C92H63BrN8. The predicted octanol–water partition coefficient (Wildman–Crippen LogP) is 23.6. The van der Waals surface area contributed by atoms with Crippen molar-refractivity contribution in [1.82, 2.24) is 39.0 Å². The Balaban J connectivity index is 0.000000140. The third-order valence-corrected chi connectivity index (χ3v) is 21.4. The van der Waals surface area contributed by atoms with Gasteiger partial charge in [-0.1, -0.05) is 280 Å². The lowest BCUT2D eigenvalue weighted by atomic mass is 9.82. The van der Waals surface area contributed by atoms with Gasteiger partial charge in [0.05, 0.1) is 22.1 Å². The molecule has 9 heteroatoms. The van der Waals surface area contributed by atoms with Gasteiger partial charge in [0.1, 0.15) is 0 Å². The molecular weight excluding hydrogens is 1300 g/mol. The van der Waals surface area contributed by atoms with Crippen LogP contribution in [0.15, 0.2) is 314 Å². The van der Waals surface area contributed by atoms with E-state index in [2.05, 4.69) is 241 Å². The molecule has 0 radical (unpaired) electrons. The lowest BCUT2D eigenvalue weighted by Gasteiger charge is -2.22. The smallest absolute Gasteiger partial charge is 0.164 e. The summed E-state index contributed by atoms with van der Waals surface area (Å²) in [4.78, 5) is 29.9. The minimum Gasteiger partial charge on any atom is -0.309 e. The fourth-order valence-electron chi connectivity index (χ4n) is 16.0. The molecule has 0 N–H and O–H groups in total. The number of fused-ring (bicyclic) bond motifs is 16. The minimum atomic E-state index is -0.154. The summed E-state index contributed by atoms with van der Waals surface area (Å²) in [5.74, 6) is 3.89. The number of benzene rings is 14. The number of nitrogens with zero attached hydrogens (tertiary/aromatic N) is 8. The number of rotatable bonds is 8. The summed E-state index contributed by atoms with van der Waals surface area (Å²) in [6, 6.07) is 110. The van der Waals surface area contributed by atoms with E-state index in [1.165, 1.54) is 104 Å². The molecule has 2 aliphatic rings. The molecule has 478 valence electrons. The first-order valence-electron chi connectivity index (χ1n) is 34.4. The van der Waals surface area contributed by atoms with Gasteiger partial charge in [0.15, 0.2) is 34.9 Å². The van der Waals surface area contributed by atoms with E-state index in [0.717, 1.165) is 54.7 Å². The second-order valence-corrected chi connectivity index (χ2v) is 28.4. The zero-order chi connectivity index (χ0) is 67.7. The molecule has 18 aromatic rings. The maximum atomic E-state index is 5.03. The molecule has 0 aliphatic heterocycles. The summed E-state index contributed by atoms with van der Waals surface area (Å²) in [6.45, 7) is 9.44. The Morgan fingerprint density at radius 3 is 1.01 bits per heavy atom. The van der Waals surface area contributed by atoms with Crippen LogP contribution in [0.5, 0.6) is 0 Å². The van der Waals surface area contributed by atoms with Crippen LogP contribution in [0.4, 0.5) is 0 Å². The Bertz CT molecular complexity index is 6280. The van der Waals surface area contributed by atoms with E-state index in [1.54, 1.807) is 0 Å². The Hall–Kier alpha value is -12.3. The number of hydrogen-bond acceptors (Lipinski definition) is 6. The summed E-state index contributed by atoms with van der Waals surface area (Å²) in [6.07, 6.45) is 0. The first-order valence-corrected chi connectivity index (χ1v) is 35.1. The van der Waals surface area contributed by atoms with Crippen molar-refractivity contribution < 1.29 is 0 Å². The van der Waals surface area contributed by atoms with Gasteiger partial charge in [-0.15, -0.1) is 0 Å². The van der Waals surface area contributed by atoms with E-state index >= 15 is 0 Å². The molecule has 0 fully saturated rings. The highest BCUT2D eigenvalue weighted by Crippen LogP contribution is 2.55. The van der Waals surface area contributed by atoms with Gasteiger partial charge in [0, 0.05) is 81.6 Å². The molecule has 0 atom stereocenters. The fraction of sp³-hybridized carbons (Fsp3) is 0.0652. The van der Waals surface area contributed by atoms with Crippen molar-refractivity contribution in [2.24, 2.45) is 0 Å². The first-order chi connectivity index (χ1) is 49.5. The average Bonchev–Trinajstić information content (AvgIpc) is 1.55. The van der Waals surface area contributed by atoms with Gasteiger partial charge in [0.2, 0.25) is 0 Å². The molecule has 4 aromatic heterocycles. The highest BCUT2D eigenvalue weighted by atomic mass is 79.9. The van der Waals surface area contributed by atoms with Gasteiger partial charge in [-0.05, 0) is 139 Å².